The summed E-state index contributed by atoms with van der Waals surface area (Å²) in [6.07, 6.45) is 0.647. The minimum atomic E-state index is -0.991. The fourth-order valence-electron chi connectivity index (χ4n) is 4.38. The van der Waals surface area contributed by atoms with Gasteiger partial charge in [-0.05, 0) is 60.7 Å². The Morgan fingerprint density at radius 3 is 2.13 bits per heavy atom. The molecule has 7 nitrogen and oxygen atoms in total. The Morgan fingerprint density at radius 2 is 1.56 bits per heavy atom. The molecule has 0 fully saturated rings. The third-order valence-electron chi connectivity index (χ3n) is 6.31. The van der Waals surface area contributed by atoms with Crippen LogP contribution in [0.15, 0.2) is 54.6 Å². The molecule has 3 aromatic rings. The van der Waals surface area contributed by atoms with Gasteiger partial charge in [-0.2, -0.15) is 0 Å². The molecule has 8 heteroatoms. The number of benzene rings is 3. The number of nitrogens with one attached hydrogen (secondary N) is 1. The number of carbonyl (C=O) groups is 2. The summed E-state index contributed by atoms with van der Waals surface area (Å²) in [5.74, 6) is -0.581. The van der Waals surface area contributed by atoms with Gasteiger partial charge in [-0.25, -0.2) is 9.18 Å². The molecule has 1 amide bonds. The molecule has 1 unspecified atom stereocenters. The zero-order valence-corrected chi connectivity index (χ0v) is 23.1. The Hall–Kier alpha value is -3.91. The third-order valence-corrected chi connectivity index (χ3v) is 6.31. The monoisotopic (exact) mass is 537 g/mol. The van der Waals surface area contributed by atoms with Crippen molar-refractivity contribution in [2.24, 2.45) is 0 Å². The van der Waals surface area contributed by atoms with E-state index in [1.54, 1.807) is 33.3 Å². The summed E-state index contributed by atoms with van der Waals surface area (Å²) in [4.78, 5) is 25.8. The van der Waals surface area contributed by atoms with E-state index in [9.17, 15) is 14.0 Å². The number of methoxy groups -OCH3 is 2. The van der Waals surface area contributed by atoms with E-state index >= 15 is 0 Å². The molecule has 3 rings (SSSR count). The van der Waals surface area contributed by atoms with Crippen molar-refractivity contribution in [2.75, 3.05) is 27.4 Å². The first kappa shape index (κ1) is 29.6. The van der Waals surface area contributed by atoms with E-state index in [1.807, 2.05) is 50.2 Å². The number of aryl methyl sites for hydroxylation is 1. The highest BCUT2D eigenvalue weighted by Gasteiger charge is 2.26. The number of carbonyl (C=O) groups excluding carboxylic acids is 2. The zero-order chi connectivity index (χ0) is 28.4. The van der Waals surface area contributed by atoms with Crippen LogP contribution < -0.4 is 14.8 Å². The molecule has 0 aliphatic heterocycles. The first-order valence-corrected chi connectivity index (χ1v) is 13.0. The topological polar surface area (TPSA) is 83.1 Å². The number of halogens is 1. The lowest BCUT2D eigenvalue weighted by Crippen LogP contribution is -2.44. The lowest BCUT2D eigenvalue weighted by atomic mass is 9.97. The van der Waals surface area contributed by atoms with Crippen molar-refractivity contribution >= 4 is 11.9 Å². The van der Waals surface area contributed by atoms with Gasteiger partial charge < -0.3 is 24.3 Å². The smallest absolute Gasteiger partial charge is 0.328 e. The van der Waals surface area contributed by atoms with E-state index < -0.39 is 23.7 Å². The molecule has 0 aliphatic rings. The first-order chi connectivity index (χ1) is 18.9. The minimum Gasteiger partial charge on any atom is -0.496 e. The SMILES string of the molecule is CCOCc1cc(OC)c(-c2ccc(CC(NC(=O)c3c(F)cccc3CC)C(=O)OCC)cc2)c(OC)c1. The molecule has 0 bridgehead atoms. The summed E-state index contributed by atoms with van der Waals surface area (Å²) >= 11 is 0. The summed E-state index contributed by atoms with van der Waals surface area (Å²) in [5, 5.41) is 2.68. The predicted octanol–water partition coefficient (Wildman–Crippen LogP) is 5.51. The van der Waals surface area contributed by atoms with Crippen molar-refractivity contribution < 1.29 is 32.9 Å². The number of hydrogen-bond acceptors (Lipinski definition) is 6. The summed E-state index contributed by atoms with van der Waals surface area (Å²) in [6.45, 7) is 6.66. The third kappa shape index (κ3) is 7.35. The minimum absolute atomic E-state index is 0.0587. The average molecular weight is 538 g/mol. The van der Waals surface area contributed by atoms with Crippen LogP contribution in [0, 0.1) is 5.82 Å². The van der Waals surface area contributed by atoms with Crippen LogP contribution in [-0.4, -0.2) is 45.4 Å². The van der Waals surface area contributed by atoms with E-state index in [0.29, 0.717) is 36.7 Å². The second-order valence-corrected chi connectivity index (χ2v) is 8.82. The number of amides is 1. The van der Waals surface area contributed by atoms with E-state index in [2.05, 4.69) is 5.32 Å². The summed E-state index contributed by atoms with van der Waals surface area (Å²) < 4.78 is 36.6. The van der Waals surface area contributed by atoms with E-state index in [4.69, 9.17) is 18.9 Å². The molecule has 208 valence electrons. The van der Waals surface area contributed by atoms with Gasteiger partial charge in [0.05, 0.1) is 38.6 Å². The second kappa shape index (κ2) is 14.3. The summed E-state index contributed by atoms with van der Waals surface area (Å²) in [6, 6.07) is 14.9. The van der Waals surface area contributed by atoms with Crippen LogP contribution in [0.3, 0.4) is 0 Å². The van der Waals surface area contributed by atoms with Crippen LogP contribution in [0.1, 0.15) is 47.8 Å². The van der Waals surface area contributed by atoms with E-state index in [-0.39, 0.29) is 18.6 Å². The molecule has 1 N–H and O–H groups in total. The van der Waals surface area contributed by atoms with E-state index in [1.165, 1.54) is 6.07 Å². The lowest BCUT2D eigenvalue weighted by molar-refractivity contribution is -0.145. The van der Waals surface area contributed by atoms with Crippen LogP contribution in [0.5, 0.6) is 11.5 Å². The maximum atomic E-state index is 14.5. The molecule has 0 heterocycles. The highest BCUT2D eigenvalue weighted by molar-refractivity contribution is 5.98. The van der Waals surface area contributed by atoms with Crippen LogP contribution in [0.25, 0.3) is 11.1 Å². The van der Waals surface area contributed by atoms with Gasteiger partial charge in [0.1, 0.15) is 23.4 Å². The van der Waals surface area contributed by atoms with Gasteiger partial charge in [0, 0.05) is 13.0 Å². The molecular formula is C31H36FNO6. The van der Waals surface area contributed by atoms with E-state index in [0.717, 1.165) is 22.3 Å². The quantitative estimate of drug-likeness (QED) is 0.290. The second-order valence-electron chi connectivity index (χ2n) is 8.82. The molecular weight excluding hydrogens is 501 g/mol. The molecule has 39 heavy (non-hydrogen) atoms. The molecule has 1 atom stereocenters. The van der Waals surface area contributed by atoms with Gasteiger partial charge in [0.15, 0.2) is 0 Å². The summed E-state index contributed by atoms with van der Waals surface area (Å²) in [5.41, 5.74) is 3.86. The fraction of sp³-hybridized carbons (Fsp3) is 0.355. The van der Waals surface area contributed by atoms with Gasteiger partial charge in [-0.3, -0.25) is 4.79 Å². The largest absolute Gasteiger partial charge is 0.496 e. The molecule has 0 spiro atoms. The van der Waals surface area contributed by atoms with Crippen molar-refractivity contribution in [3.05, 3.63) is 82.7 Å². The molecule has 0 saturated carbocycles. The number of ether oxygens (including phenoxy) is 4. The molecule has 0 saturated heterocycles. The lowest BCUT2D eigenvalue weighted by Gasteiger charge is -2.19. The Bertz CT molecular complexity index is 1250. The van der Waals surface area contributed by atoms with Crippen LogP contribution in [0.4, 0.5) is 4.39 Å². The fourth-order valence-corrected chi connectivity index (χ4v) is 4.38. The van der Waals surface area contributed by atoms with Gasteiger partial charge in [-0.15, -0.1) is 0 Å². The van der Waals surface area contributed by atoms with Crippen LogP contribution in [-0.2, 0) is 33.7 Å². The van der Waals surface area contributed by atoms with Crippen molar-refractivity contribution in [1.29, 1.82) is 0 Å². The Labute approximate surface area is 229 Å². The Morgan fingerprint density at radius 1 is 0.897 bits per heavy atom. The van der Waals surface area contributed by atoms with Crippen molar-refractivity contribution in [3.63, 3.8) is 0 Å². The highest BCUT2D eigenvalue weighted by atomic mass is 19.1. The maximum Gasteiger partial charge on any atom is 0.328 e. The standard InChI is InChI=1S/C31H36FNO6/c1-6-22-10-9-11-24(32)28(22)30(34)33-25(31(35)39-8-3)16-20-12-14-23(15-13-20)29-26(36-4)17-21(19-38-7-2)18-27(29)37-5/h9-15,17-18,25H,6-8,16,19H2,1-5H3,(H,33,34). The Balaban J connectivity index is 1.87. The average Bonchev–Trinajstić information content (AvgIpc) is 2.95. The van der Waals surface area contributed by atoms with Crippen LogP contribution >= 0.6 is 0 Å². The molecule has 3 aromatic carbocycles. The van der Waals surface area contributed by atoms with Gasteiger partial charge in [0.2, 0.25) is 0 Å². The van der Waals surface area contributed by atoms with Gasteiger partial charge in [-0.1, -0.05) is 43.3 Å². The number of hydrogen-bond donors (Lipinski definition) is 1. The van der Waals surface area contributed by atoms with Gasteiger partial charge >= 0.3 is 5.97 Å². The number of rotatable bonds is 13. The normalized spacial score (nSPS) is 11.5. The molecule has 0 aromatic heterocycles. The number of esters is 1. The Kier molecular flexibility index (Phi) is 10.9. The van der Waals surface area contributed by atoms with Crippen molar-refractivity contribution in [2.45, 2.75) is 46.3 Å². The van der Waals surface area contributed by atoms with Crippen LogP contribution in [0.2, 0.25) is 0 Å². The first-order valence-electron chi connectivity index (χ1n) is 13.0. The van der Waals surface area contributed by atoms with Gasteiger partial charge in [0.25, 0.3) is 5.91 Å². The maximum absolute atomic E-state index is 14.5. The summed E-state index contributed by atoms with van der Waals surface area (Å²) in [7, 11) is 3.20. The molecule has 0 aliphatic carbocycles. The zero-order valence-electron chi connectivity index (χ0n) is 23.1. The molecule has 0 radical (unpaired) electrons. The van der Waals surface area contributed by atoms with Crippen molar-refractivity contribution in [3.8, 4) is 22.6 Å². The predicted molar refractivity (Wildman–Crippen MR) is 148 cm³/mol. The highest BCUT2D eigenvalue weighted by Crippen LogP contribution is 2.40. The van der Waals surface area contributed by atoms with Crippen molar-refractivity contribution in [1.82, 2.24) is 5.32 Å².